The summed E-state index contributed by atoms with van der Waals surface area (Å²) in [6.45, 7) is 3.80. The molecule has 0 fully saturated rings. The van der Waals surface area contributed by atoms with Crippen LogP contribution in [0.1, 0.15) is 30.6 Å². The lowest BCUT2D eigenvalue weighted by molar-refractivity contribution is -0.139. The van der Waals surface area contributed by atoms with Gasteiger partial charge in [-0.15, -0.1) is 0 Å². The van der Waals surface area contributed by atoms with Crippen molar-refractivity contribution in [1.82, 2.24) is 5.32 Å². The predicted molar refractivity (Wildman–Crippen MR) is 77.9 cm³/mol. The van der Waals surface area contributed by atoms with Gasteiger partial charge in [-0.25, -0.2) is 4.79 Å². The summed E-state index contributed by atoms with van der Waals surface area (Å²) < 4.78 is 10.2. The van der Waals surface area contributed by atoms with Gasteiger partial charge in [-0.1, -0.05) is 13.8 Å². The normalized spacial score (nSPS) is 11.9. The number of carbonyl (C=O) groups is 2. The molecule has 116 valence electrons. The van der Waals surface area contributed by atoms with E-state index in [9.17, 15) is 9.59 Å². The molecule has 1 aromatic rings. The Bertz CT molecular complexity index is 513. The summed E-state index contributed by atoms with van der Waals surface area (Å²) in [7, 11) is 2.95. The number of hydrogen-bond donors (Lipinski definition) is 2. The molecule has 1 rings (SSSR count). The number of amides is 1. The fraction of sp³-hybridized carbons (Fsp3) is 0.467. The van der Waals surface area contributed by atoms with Crippen LogP contribution in [-0.2, 0) is 4.79 Å². The number of benzene rings is 1. The average molecular weight is 295 g/mol. The average Bonchev–Trinajstić information content (AvgIpc) is 2.45. The Kier molecular flexibility index (Phi) is 6.02. The molecule has 1 unspecified atom stereocenters. The molecule has 0 bridgehead atoms. The second-order valence-corrected chi connectivity index (χ2v) is 5.06. The Morgan fingerprint density at radius 2 is 1.90 bits per heavy atom. The van der Waals surface area contributed by atoms with E-state index in [1.54, 1.807) is 18.2 Å². The Labute approximate surface area is 124 Å². The van der Waals surface area contributed by atoms with Crippen molar-refractivity contribution in [2.24, 2.45) is 5.92 Å². The summed E-state index contributed by atoms with van der Waals surface area (Å²) in [6.07, 6.45) is 0.361. The number of carboxylic acids is 1. The summed E-state index contributed by atoms with van der Waals surface area (Å²) in [5, 5.41) is 11.7. The van der Waals surface area contributed by atoms with Crippen molar-refractivity contribution in [1.29, 1.82) is 0 Å². The highest BCUT2D eigenvalue weighted by molar-refractivity contribution is 5.99. The fourth-order valence-electron chi connectivity index (χ4n) is 1.91. The molecular weight excluding hydrogens is 274 g/mol. The first-order valence-corrected chi connectivity index (χ1v) is 6.64. The number of hydrogen-bond acceptors (Lipinski definition) is 4. The van der Waals surface area contributed by atoms with Crippen LogP contribution in [-0.4, -0.2) is 37.2 Å². The van der Waals surface area contributed by atoms with Gasteiger partial charge in [-0.05, 0) is 24.5 Å². The first kappa shape index (κ1) is 16.8. The lowest BCUT2D eigenvalue weighted by Crippen LogP contribution is -2.41. The quantitative estimate of drug-likeness (QED) is 0.803. The number of carboxylic acid groups (broad SMARTS) is 1. The second-order valence-electron chi connectivity index (χ2n) is 5.06. The van der Waals surface area contributed by atoms with E-state index in [4.69, 9.17) is 14.6 Å². The molecular formula is C15H21NO5. The van der Waals surface area contributed by atoms with E-state index in [1.165, 1.54) is 14.2 Å². The van der Waals surface area contributed by atoms with Crippen molar-refractivity contribution >= 4 is 11.9 Å². The number of aliphatic carboxylic acids is 1. The molecule has 0 aliphatic heterocycles. The molecule has 0 radical (unpaired) electrons. The van der Waals surface area contributed by atoms with Crippen molar-refractivity contribution in [2.75, 3.05) is 14.2 Å². The number of methoxy groups -OCH3 is 2. The van der Waals surface area contributed by atoms with Gasteiger partial charge in [-0.3, -0.25) is 4.79 Å². The van der Waals surface area contributed by atoms with Gasteiger partial charge in [0.1, 0.15) is 17.5 Å². The Morgan fingerprint density at radius 3 is 2.38 bits per heavy atom. The Hall–Kier alpha value is -2.24. The molecule has 1 aromatic carbocycles. The van der Waals surface area contributed by atoms with E-state index < -0.39 is 17.9 Å². The maximum absolute atomic E-state index is 12.2. The lowest BCUT2D eigenvalue weighted by Gasteiger charge is -2.17. The van der Waals surface area contributed by atoms with Crippen LogP contribution in [0.3, 0.4) is 0 Å². The third-order valence-corrected chi connectivity index (χ3v) is 2.96. The minimum atomic E-state index is -1.05. The van der Waals surface area contributed by atoms with Crippen molar-refractivity contribution in [3.8, 4) is 11.5 Å². The highest BCUT2D eigenvalue weighted by Gasteiger charge is 2.23. The molecule has 0 saturated carbocycles. The molecule has 2 N–H and O–H groups in total. The summed E-state index contributed by atoms with van der Waals surface area (Å²) in [5.41, 5.74) is 0.272. The largest absolute Gasteiger partial charge is 0.497 e. The van der Waals surface area contributed by atoms with E-state index in [1.807, 2.05) is 13.8 Å². The van der Waals surface area contributed by atoms with Gasteiger partial charge in [0.05, 0.1) is 19.8 Å². The van der Waals surface area contributed by atoms with Crippen molar-refractivity contribution in [3.05, 3.63) is 23.8 Å². The minimum Gasteiger partial charge on any atom is -0.497 e. The molecule has 0 saturated heterocycles. The summed E-state index contributed by atoms with van der Waals surface area (Å²) in [4.78, 5) is 23.4. The molecule has 21 heavy (non-hydrogen) atoms. The van der Waals surface area contributed by atoms with E-state index in [-0.39, 0.29) is 11.5 Å². The van der Waals surface area contributed by atoms with E-state index in [2.05, 4.69) is 5.32 Å². The zero-order chi connectivity index (χ0) is 16.0. The molecule has 0 aliphatic carbocycles. The standard InChI is InChI=1S/C15H21NO5/c1-9(2)7-12(15(18)19)16-14(17)11-6-5-10(20-3)8-13(11)21-4/h5-6,8-9,12H,7H2,1-4H3,(H,16,17)(H,18,19). The van der Waals surface area contributed by atoms with Crippen LogP contribution in [0.5, 0.6) is 11.5 Å². The molecule has 0 aliphatic rings. The highest BCUT2D eigenvalue weighted by atomic mass is 16.5. The molecule has 0 heterocycles. The van der Waals surface area contributed by atoms with Crippen molar-refractivity contribution in [3.63, 3.8) is 0 Å². The van der Waals surface area contributed by atoms with Gasteiger partial charge in [-0.2, -0.15) is 0 Å². The van der Waals surface area contributed by atoms with Crippen LogP contribution in [0.15, 0.2) is 18.2 Å². The van der Waals surface area contributed by atoms with Crippen molar-refractivity contribution < 1.29 is 24.2 Å². The molecule has 0 spiro atoms. The summed E-state index contributed by atoms with van der Waals surface area (Å²) in [5.74, 6) is -0.489. The molecule has 6 heteroatoms. The zero-order valence-corrected chi connectivity index (χ0v) is 12.7. The molecule has 0 aromatic heterocycles. The Morgan fingerprint density at radius 1 is 1.24 bits per heavy atom. The third-order valence-electron chi connectivity index (χ3n) is 2.96. The van der Waals surface area contributed by atoms with Crippen LogP contribution in [0, 0.1) is 5.92 Å². The van der Waals surface area contributed by atoms with Crippen LogP contribution < -0.4 is 14.8 Å². The monoisotopic (exact) mass is 295 g/mol. The van der Waals surface area contributed by atoms with E-state index in [0.29, 0.717) is 17.9 Å². The van der Waals surface area contributed by atoms with Gasteiger partial charge in [0.2, 0.25) is 0 Å². The second kappa shape index (κ2) is 7.52. The van der Waals surface area contributed by atoms with Gasteiger partial charge in [0, 0.05) is 6.07 Å². The molecule has 1 amide bonds. The Balaban J connectivity index is 2.94. The molecule has 6 nitrogen and oxygen atoms in total. The minimum absolute atomic E-state index is 0.157. The first-order valence-electron chi connectivity index (χ1n) is 6.64. The van der Waals surface area contributed by atoms with E-state index in [0.717, 1.165) is 0 Å². The van der Waals surface area contributed by atoms with Crippen molar-refractivity contribution in [2.45, 2.75) is 26.3 Å². The lowest BCUT2D eigenvalue weighted by atomic mass is 10.0. The summed E-state index contributed by atoms with van der Waals surface area (Å²) in [6, 6.07) is 3.81. The maximum Gasteiger partial charge on any atom is 0.326 e. The predicted octanol–water partition coefficient (Wildman–Crippen LogP) is 1.93. The third kappa shape index (κ3) is 4.66. The highest BCUT2D eigenvalue weighted by Crippen LogP contribution is 2.24. The molecule has 1 atom stereocenters. The zero-order valence-electron chi connectivity index (χ0n) is 12.7. The van der Waals surface area contributed by atoms with Crippen LogP contribution >= 0.6 is 0 Å². The van der Waals surface area contributed by atoms with Gasteiger partial charge >= 0.3 is 5.97 Å². The number of rotatable bonds is 7. The first-order chi connectivity index (χ1) is 9.88. The smallest absolute Gasteiger partial charge is 0.326 e. The van der Waals surface area contributed by atoms with Crippen LogP contribution in [0.2, 0.25) is 0 Å². The summed E-state index contributed by atoms with van der Waals surface area (Å²) >= 11 is 0. The van der Waals surface area contributed by atoms with Gasteiger partial charge in [0.15, 0.2) is 0 Å². The maximum atomic E-state index is 12.2. The topological polar surface area (TPSA) is 84.9 Å². The number of ether oxygens (including phenoxy) is 2. The van der Waals surface area contributed by atoms with Crippen LogP contribution in [0.25, 0.3) is 0 Å². The fourth-order valence-corrected chi connectivity index (χ4v) is 1.91. The van der Waals surface area contributed by atoms with Gasteiger partial charge < -0.3 is 19.9 Å². The number of carbonyl (C=O) groups excluding carboxylic acids is 1. The van der Waals surface area contributed by atoms with Gasteiger partial charge in [0.25, 0.3) is 5.91 Å². The SMILES string of the molecule is COc1ccc(C(=O)NC(CC(C)C)C(=O)O)c(OC)c1. The van der Waals surface area contributed by atoms with Crippen LogP contribution in [0.4, 0.5) is 0 Å². The van der Waals surface area contributed by atoms with E-state index >= 15 is 0 Å². The number of nitrogens with one attached hydrogen (secondary N) is 1.